The maximum Gasteiger partial charge on any atom is 0.168 e. The lowest BCUT2D eigenvalue weighted by molar-refractivity contribution is 0.318. The second-order valence-corrected chi connectivity index (χ2v) is 4.36. The molecule has 4 nitrogen and oxygen atoms in total. The van der Waals surface area contributed by atoms with Gasteiger partial charge in [0.25, 0.3) is 0 Å². The van der Waals surface area contributed by atoms with E-state index in [-0.39, 0.29) is 0 Å². The van der Waals surface area contributed by atoms with Crippen molar-refractivity contribution in [3.05, 3.63) is 24.3 Å². The van der Waals surface area contributed by atoms with Crippen LogP contribution in [0.3, 0.4) is 0 Å². The Hall–Kier alpha value is -1.62. The van der Waals surface area contributed by atoms with Gasteiger partial charge >= 0.3 is 0 Å². The summed E-state index contributed by atoms with van der Waals surface area (Å²) in [6, 6.07) is 7.95. The lowest BCUT2D eigenvalue weighted by Crippen LogP contribution is -2.00. The first-order valence-corrected chi connectivity index (χ1v) is 6.88. The molecule has 0 amide bonds. The Kier molecular flexibility index (Phi) is 4.52. The summed E-state index contributed by atoms with van der Waals surface area (Å²) in [5.41, 5.74) is 1.87. The molecule has 1 aromatic carbocycles. The molecule has 0 aliphatic carbocycles. The van der Waals surface area contributed by atoms with E-state index in [0.717, 1.165) is 35.8 Å². The Balaban J connectivity index is 2.33. The quantitative estimate of drug-likeness (QED) is 0.867. The Morgan fingerprint density at radius 3 is 2.83 bits per heavy atom. The van der Waals surface area contributed by atoms with Crippen LogP contribution < -0.4 is 10.1 Å². The van der Waals surface area contributed by atoms with E-state index in [4.69, 9.17) is 4.74 Å². The van der Waals surface area contributed by atoms with Crippen LogP contribution in [0.1, 0.15) is 20.3 Å². The third-order valence-electron chi connectivity index (χ3n) is 2.44. The minimum Gasteiger partial charge on any atom is -0.493 e. The van der Waals surface area contributed by atoms with Crippen LogP contribution in [0.5, 0.6) is 5.75 Å². The van der Waals surface area contributed by atoms with Gasteiger partial charge in [0.1, 0.15) is 11.4 Å². The van der Waals surface area contributed by atoms with Crippen molar-refractivity contribution in [1.82, 2.24) is 8.75 Å². The molecule has 0 unspecified atom stereocenters. The maximum atomic E-state index is 5.75. The Labute approximate surface area is 111 Å². The van der Waals surface area contributed by atoms with Crippen molar-refractivity contribution in [2.24, 2.45) is 0 Å². The zero-order chi connectivity index (χ0) is 12.8. The van der Waals surface area contributed by atoms with Crippen LogP contribution in [0, 0.1) is 0 Å². The highest BCUT2D eigenvalue weighted by Gasteiger charge is 2.14. The highest BCUT2D eigenvalue weighted by atomic mass is 32.1. The molecule has 0 saturated heterocycles. The summed E-state index contributed by atoms with van der Waals surface area (Å²) in [5, 5.41) is 3.22. The average Bonchev–Trinajstić information content (AvgIpc) is 2.85. The molecule has 0 radical (unpaired) electrons. The lowest BCUT2D eigenvalue weighted by Gasteiger charge is -2.10. The van der Waals surface area contributed by atoms with Crippen LogP contribution in [0.25, 0.3) is 11.3 Å². The summed E-state index contributed by atoms with van der Waals surface area (Å²) < 4.78 is 14.4. The molecule has 0 spiro atoms. The predicted molar refractivity (Wildman–Crippen MR) is 75.3 cm³/mol. The summed E-state index contributed by atoms with van der Waals surface area (Å²) in [4.78, 5) is 0. The molecule has 2 rings (SSSR count). The summed E-state index contributed by atoms with van der Waals surface area (Å²) in [6.07, 6.45) is 0.990. The number of aromatic nitrogens is 2. The topological polar surface area (TPSA) is 47.0 Å². The van der Waals surface area contributed by atoms with Gasteiger partial charge in [-0.2, -0.15) is 8.75 Å². The molecule has 96 valence electrons. The Morgan fingerprint density at radius 1 is 1.22 bits per heavy atom. The van der Waals surface area contributed by atoms with Gasteiger partial charge in [0.2, 0.25) is 0 Å². The van der Waals surface area contributed by atoms with E-state index in [9.17, 15) is 0 Å². The van der Waals surface area contributed by atoms with Gasteiger partial charge in [-0.3, -0.25) is 0 Å². The second-order valence-electron chi connectivity index (χ2n) is 3.84. The largest absolute Gasteiger partial charge is 0.493 e. The number of benzene rings is 1. The second kappa shape index (κ2) is 6.35. The SMILES string of the molecule is CCCOc1ccccc1-c1nsnc1NCC. The van der Waals surface area contributed by atoms with Crippen LogP contribution in [0.4, 0.5) is 5.82 Å². The molecule has 1 aromatic heterocycles. The number of rotatable bonds is 6. The first kappa shape index (κ1) is 12.8. The number of hydrogen-bond donors (Lipinski definition) is 1. The normalized spacial score (nSPS) is 10.3. The molecule has 0 saturated carbocycles. The number of para-hydroxylation sites is 1. The van der Waals surface area contributed by atoms with E-state index in [1.54, 1.807) is 0 Å². The fourth-order valence-corrected chi connectivity index (χ4v) is 2.19. The standard InChI is InChI=1S/C13H17N3OS/c1-3-9-17-11-8-6-5-7-10(11)12-13(14-4-2)16-18-15-12/h5-8H,3-4,9H2,1-2H3,(H,14,16). The van der Waals surface area contributed by atoms with E-state index in [2.05, 4.69) is 21.0 Å². The molecule has 1 N–H and O–H groups in total. The van der Waals surface area contributed by atoms with Crippen molar-refractivity contribution in [2.45, 2.75) is 20.3 Å². The fraction of sp³-hybridized carbons (Fsp3) is 0.385. The first-order valence-electron chi connectivity index (χ1n) is 6.15. The lowest BCUT2D eigenvalue weighted by atomic mass is 10.1. The molecule has 18 heavy (non-hydrogen) atoms. The van der Waals surface area contributed by atoms with Gasteiger partial charge in [-0.05, 0) is 25.5 Å². The highest BCUT2D eigenvalue weighted by molar-refractivity contribution is 6.99. The molecule has 2 aromatic rings. The third kappa shape index (κ3) is 2.79. The summed E-state index contributed by atoms with van der Waals surface area (Å²) in [5.74, 6) is 1.70. The van der Waals surface area contributed by atoms with Gasteiger partial charge in [-0.15, -0.1) is 0 Å². The number of hydrogen-bond acceptors (Lipinski definition) is 5. The molecule has 0 aliphatic heterocycles. The molecule has 0 aliphatic rings. The van der Waals surface area contributed by atoms with Gasteiger partial charge in [-0.25, -0.2) is 0 Å². The van der Waals surface area contributed by atoms with Gasteiger partial charge < -0.3 is 10.1 Å². The third-order valence-corrected chi connectivity index (χ3v) is 2.97. The summed E-state index contributed by atoms with van der Waals surface area (Å²) in [6.45, 7) is 5.68. The maximum absolute atomic E-state index is 5.75. The molecule has 1 heterocycles. The molecule has 0 fully saturated rings. The van der Waals surface area contributed by atoms with Crippen LogP contribution >= 0.6 is 11.7 Å². The Morgan fingerprint density at radius 2 is 2.06 bits per heavy atom. The van der Waals surface area contributed by atoms with Gasteiger partial charge in [0.15, 0.2) is 5.82 Å². The smallest absolute Gasteiger partial charge is 0.168 e. The van der Waals surface area contributed by atoms with Crippen molar-refractivity contribution < 1.29 is 4.74 Å². The highest BCUT2D eigenvalue weighted by Crippen LogP contribution is 2.33. The number of ether oxygens (including phenoxy) is 1. The van der Waals surface area contributed by atoms with E-state index < -0.39 is 0 Å². The van der Waals surface area contributed by atoms with Crippen LogP contribution in [0.15, 0.2) is 24.3 Å². The van der Waals surface area contributed by atoms with Crippen LogP contribution in [-0.2, 0) is 0 Å². The van der Waals surface area contributed by atoms with Crippen LogP contribution in [0.2, 0.25) is 0 Å². The monoisotopic (exact) mass is 263 g/mol. The number of nitrogens with one attached hydrogen (secondary N) is 1. The minimum atomic E-state index is 0.713. The average molecular weight is 263 g/mol. The molecular formula is C13H17N3OS. The first-order chi connectivity index (χ1) is 8.86. The Bertz CT molecular complexity index is 498. The van der Waals surface area contributed by atoms with Crippen molar-refractivity contribution in [3.8, 4) is 17.0 Å². The van der Waals surface area contributed by atoms with E-state index in [1.165, 1.54) is 11.7 Å². The minimum absolute atomic E-state index is 0.713. The van der Waals surface area contributed by atoms with Crippen molar-refractivity contribution in [2.75, 3.05) is 18.5 Å². The molecule has 5 heteroatoms. The summed E-state index contributed by atoms with van der Waals surface area (Å²) >= 11 is 1.22. The van der Waals surface area contributed by atoms with Gasteiger partial charge in [-0.1, -0.05) is 19.1 Å². The number of nitrogens with zero attached hydrogens (tertiary/aromatic N) is 2. The molecule has 0 atom stereocenters. The van der Waals surface area contributed by atoms with Crippen molar-refractivity contribution >= 4 is 17.5 Å². The summed E-state index contributed by atoms with van der Waals surface area (Å²) in [7, 11) is 0. The van der Waals surface area contributed by atoms with Crippen molar-refractivity contribution in [3.63, 3.8) is 0 Å². The zero-order valence-corrected chi connectivity index (χ0v) is 11.5. The van der Waals surface area contributed by atoms with Crippen molar-refractivity contribution in [1.29, 1.82) is 0 Å². The molecular weight excluding hydrogens is 246 g/mol. The number of anilines is 1. The van der Waals surface area contributed by atoms with Crippen LogP contribution in [-0.4, -0.2) is 21.9 Å². The zero-order valence-electron chi connectivity index (χ0n) is 10.6. The van der Waals surface area contributed by atoms with E-state index >= 15 is 0 Å². The van der Waals surface area contributed by atoms with E-state index in [0.29, 0.717) is 6.61 Å². The van der Waals surface area contributed by atoms with Gasteiger partial charge in [0.05, 0.1) is 18.3 Å². The van der Waals surface area contributed by atoms with Gasteiger partial charge in [0, 0.05) is 12.1 Å². The van der Waals surface area contributed by atoms with E-state index in [1.807, 2.05) is 31.2 Å². The fourth-order valence-electron chi connectivity index (χ4n) is 1.65. The predicted octanol–water partition coefficient (Wildman–Crippen LogP) is 3.43. The molecule has 0 bridgehead atoms.